The van der Waals surface area contributed by atoms with Gasteiger partial charge in [0.05, 0.1) is 23.7 Å². The third-order valence-electron chi connectivity index (χ3n) is 2.48. The van der Waals surface area contributed by atoms with Crippen molar-refractivity contribution in [2.45, 2.75) is 6.42 Å². The van der Waals surface area contributed by atoms with Gasteiger partial charge in [-0.3, -0.25) is 14.9 Å². The van der Waals surface area contributed by atoms with Crippen LogP contribution in [-0.2, 0) is 0 Å². The topological polar surface area (TPSA) is 81.5 Å². The van der Waals surface area contributed by atoms with Gasteiger partial charge in [0.2, 0.25) is 0 Å². The fraction of sp³-hybridized carbons (Fsp3) is 0.300. The van der Waals surface area contributed by atoms with Gasteiger partial charge in [-0.2, -0.15) is 0 Å². The van der Waals surface area contributed by atoms with E-state index in [1.54, 1.807) is 0 Å². The number of ether oxygens (including phenoxy) is 1. The molecule has 1 aromatic rings. The lowest BCUT2D eigenvalue weighted by Gasteiger charge is -2.17. The molecular weight excluding hydrogens is 212 g/mol. The van der Waals surface area contributed by atoms with Gasteiger partial charge < -0.3 is 10.1 Å². The average Bonchev–Trinajstić information content (AvgIpc) is 2.28. The lowest BCUT2D eigenvalue weighted by atomic mass is 10.0. The molecule has 16 heavy (non-hydrogen) atoms. The van der Waals surface area contributed by atoms with Gasteiger partial charge in [0.15, 0.2) is 5.78 Å². The maximum Gasteiger partial charge on any atom is 0.296 e. The molecule has 0 amide bonds. The van der Waals surface area contributed by atoms with Gasteiger partial charge in [-0.05, 0) is 6.07 Å². The molecule has 0 aliphatic carbocycles. The number of nitro groups is 1. The summed E-state index contributed by atoms with van der Waals surface area (Å²) in [5, 5.41) is 13.7. The lowest BCUT2D eigenvalue weighted by Crippen LogP contribution is -2.19. The highest BCUT2D eigenvalue weighted by atomic mass is 16.6. The predicted molar refractivity (Wildman–Crippen MR) is 57.1 cm³/mol. The third-order valence-corrected chi connectivity index (χ3v) is 2.48. The molecule has 0 fully saturated rings. The molecule has 0 aromatic heterocycles. The number of methoxy groups -OCH3 is 1. The molecule has 0 unspecified atom stereocenters. The summed E-state index contributed by atoms with van der Waals surface area (Å²) < 4.78 is 4.93. The predicted octanol–water partition coefficient (Wildman–Crippen LogP) is 1.60. The first-order chi connectivity index (χ1) is 7.63. The molecule has 0 spiro atoms. The number of ketones is 1. The second kappa shape index (κ2) is 3.80. The Bertz CT molecular complexity index is 453. The smallest absolute Gasteiger partial charge is 0.296 e. The minimum Gasteiger partial charge on any atom is -0.496 e. The van der Waals surface area contributed by atoms with Gasteiger partial charge in [0.1, 0.15) is 11.4 Å². The minimum absolute atomic E-state index is 0.101. The first-order valence-electron chi connectivity index (χ1n) is 4.77. The number of rotatable bonds is 2. The second-order valence-corrected chi connectivity index (χ2v) is 3.43. The van der Waals surface area contributed by atoms with Crippen molar-refractivity contribution < 1.29 is 14.5 Å². The van der Waals surface area contributed by atoms with Crippen LogP contribution in [0.25, 0.3) is 0 Å². The minimum atomic E-state index is -0.521. The maximum absolute atomic E-state index is 11.6. The lowest BCUT2D eigenvalue weighted by molar-refractivity contribution is -0.384. The van der Waals surface area contributed by atoms with Crippen LogP contribution < -0.4 is 10.1 Å². The molecule has 1 aliphatic rings. The second-order valence-electron chi connectivity index (χ2n) is 3.43. The zero-order valence-corrected chi connectivity index (χ0v) is 8.65. The van der Waals surface area contributed by atoms with Gasteiger partial charge in [0, 0.05) is 13.0 Å². The van der Waals surface area contributed by atoms with E-state index in [1.165, 1.54) is 19.2 Å². The highest BCUT2D eigenvalue weighted by Crippen LogP contribution is 2.35. The summed E-state index contributed by atoms with van der Waals surface area (Å²) in [5.74, 6) is 0.221. The van der Waals surface area contributed by atoms with Crippen molar-refractivity contribution in [3.8, 4) is 5.75 Å². The largest absolute Gasteiger partial charge is 0.496 e. The van der Waals surface area contributed by atoms with Crippen LogP contribution >= 0.6 is 0 Å². The number of anilines is 1. The molecule has 0 saturated heterocycles. The standard InChI is InChI=1S/C10H10N2O4/c1-16-6-4-7-9(13)2-3-11-10(7)8(5-6)12(14)15/h4-5,11H,2-3H2,1H3. The molecule has 1 aromatic carbocycles. The molecule has 0 atom stereocenters. The van der Waals surface area contributed by atoms with Crippen LogP contribution in [0.15, 0.2) is 12.1 Å². The number of carbonyl (C=O) groups excluding carboxylic acids is 1. The quantitative estimate of drug-likeness (QED) is 0.607. The summed E-state index contributed by atoms with van der Waals surface area (Å²) in [4.78, 5) is 21.9. The molecule has 1 heterocycles. The summed E-state index contributed by atoms with van der Waals surface area (Å²) in [6.45, 7) is 0.430. The number of fused-ring (bicyclic) bond motifs is 1. The van der Waals surface area contributed by atoms with Crippen LogP contribution in [0.3, 0.4) is 0 Å². The zero-order chi connectivity index (χ0) is 11.7. The van der Waals surface area contributed by atoms with E-state index < -0.39 is 4.92 Å². The maximum atomic E-state index is 11.6. The normalized spacial score (nSPS) is 13.9. The highest BCUT2D eigenvalue weighted by molar-refractivity contribution is 6.05. The van der Waals surface area contributed by atoms with E-state index in [-0.39, 0.29) is 11.5 Å². The number of benzene rings is 1. The summed E-state index contributed by atoms with van der Waals surface area (Å²) in [6, 6.07) is 2.83. The van der Waals surface area contributed by atoms with Crippen molar-refractivity contribution in [1.29, 1.82) is 0 Å². The van der Waals surface area contributed by atoms with Crippen LogP contribution in [-0.4, -0.2) is 24.4 Å². The fourth-order valence-corrected chi connectivity index (χ4v) is 1.70. The molecule has 6 heteroatoms. The molecule has 0 saturated carbocycles. The summed E-state index contributed by atoms with van der Waals surface area (Å²) in [6.07, 6.45) is 0.345. The zero-order valence-electron chi connectivity index (χ0n) is 8.65. The Morgan fingerprint density at radius 3 is 2.88 bits per heavy atom. The van der Waals surface area contributed by atoms with Crippen molar-refractivity contribution >= 4 is 17.2 Å². The van der Waals surface area contributed by atoms with Crippen LogP contribution in [0.4, 0.5) is 11.4 Å². The molecule has 2 rings (SSSR count). The van der Waals surface area contributed by atoms with Gasteiger partial charge in [0.25, 0.3) is 5.69 Å². The highest BCUT2D eigenvalue weighted by Gasteiger charge is 2.26. The number of Topliss-reactive ketones (excluding diaryl/α,β-unsaturated/α-hetero) is 1. The number of nitrogens with zero attached hydrogens (tertiary/aromatic N) is 1. The number of nitrogens with one attached hydrogen (secondary N) is 1. The SMILES string of the molecule is COc1cc2c(c([N+](=O)[O-])c1)NCCC2=O. The van der Waals surface area contributed by atoms with Crippen LogP contribution in [0.1, 0.15) is 16.8 Å². The van der Waals surface area contributed by atoms with Crippen molar-refractivity contribution in [2.75, 3.05) is 19.0 Å². The van der Waals surface area contributed by atoms with Crippen molar-refractivity contribution in [1.82, 2.24) is 0 Å². The summed E-state index contributed by atoms with van der Waals surface area (Å²) in [7, 11) is 1.41. The number of nitro benzene ring substituents is 1. The molecule has 1 N–H and O–H groups in total. The number of hydrogen-bond acceptors (Lipinski definition) is 5. The number of hydrogen-bond donors (Lipinski definition) is 1. The first kappa shape index (κ1) is 10.4. The van der Waals surface area contributed by atoms with Gasteiger partial charge >= 0.3 is 0 Å². The molecule has 0 radical (unpaired) electrons. The Kier molecular flexibility index (Phi) is 2.47. The Hall–Kier alpha value is -2.11. The molecule has 6 nitrogen and oxygen atoms in total. The van der Waals surface area contributed by atoms with E-state index in [0.717, 1.165) is 0 Å². The Morgan fingerprint density at radius 1 is 1.50 bits per heavy atom. The van der Waals surface area contributed by atoms with E-state index in [1.807, 2.05) is 0 Å². The summed E-state index contributed by atoms with van der Waals surface area (Å²) >= 11 is 0. The molecule has 1 aliphatic heterocycles. The van der Waals surface area contributed by atoms with E-state index >= 15 is 0 Å². The Morgan fingerprint density at radius 2 is 2.25 bits per heavy atom. The van der Waals surface area contributed by atoms with Crippen molar-refractivity contribution in [2.24, 2.45) is 0 Å². The molecule has 0 bridgehead atoms. The Labute approximate surface area is 91.4 Å². The van der Waals surface area contributed by atoms with E-state index in [2.05, 4.69) is 5.32 Å². The van der Waals surface area contributed by atoms with Gasteiger partial charge in [-0.25, -0.2) is 0 Å². The van der Waals surface area contributed by atoms with E-state index in [4.69, 9.17) is 4.74 Å². The average molecular weight is 222 g/mol. The number of carbonyl (C=O) groups is 1. The van der Waals surface area contributed by atoms with Crippen molar-refractivity contribution in [3.63, 3.8) is 0 Å². The van der Waals surface area contributed by atoms with Crippen molar-refractivity contribution in [3.05, 3.63) is 27.8 Å². The van der Waals surface area contributed by atoms with Gasteiger partial charge in [-0.15, -0.1) is 0 Å². The van der Waals surface area contributed by atoms with Crippen LogP contribution in [0.2, 0.25) is 0 Å². The monoisotopic (exact) mass is 222 g/mol. The van der Waals surface area contributed by atoms with Crippen LogP contribution in [0, 0.1) is 10.1 Å². The van der Waals surface area contributed by atoms with E-state index in [9.17, 15) is 14.9 Å². The van der Waals surface area contributed by atoms with Crippen LogP contribution in [0.5, 0.6) is 5.75 Å². The van der Waals surface area contributed by atoms with Gasteiger partial charge in [-0.1, -0.05) is 0 Å². The first-order valence-corrected chi connectivity index (χ1v) is 4.77. The summed E-state index contributed by atoms with van der Waals surface area (Å²) in [5.41, 5.74) is 0.502. The van der Waals surface area contributed by atoms with E-state index in [0.29, 0.717) is 30.0 Å². The molecular formula is C10H10N2O4. The Balaban J connectivity index is 2.65. The third kappa shape index (κ3) is 1.58. The fourth-order valence-electron chi connectivity index (χ4n) is 1.70. The molecule has 84 valence electrons.